The fraction of sp³-hybridized carbons (Fsp3) is 0.148. The van der Waals surface area contributed by atoms with E-state index in [2.05, 4.69) is 115 Å². The van der Waals surface area contributed by atoms with Gasteiger partial charge in [0, 0.05) is 29.3 Å². The van der Waals surface area contributed by atoms with Crippen LogP contribution >= 0.6 is 0 Å². The Kier molecular flexibility index (Phi) is 6.34. The molecule has 1 aliphatic heterocycles. The summed E-state index contributed by atoms with van der Waals surface area (Å²) in [5.74, 6) is 0. The monoisotopic (exact) mass is 461 g/mol. The van der Waals surface area contributed by atoms with Crippen molar-refractivity contribution in [3.63, 3.8) is 0 Å². The molecule has 1 aliphatic rings. The molecule has 33 heavy (non-hydrogen) atoms. The second kappa shape index (κ2) is 9.06. The molecule has 4 aromatic rings. The predicted molar refractivity (Wildman–Crippen MR) is 116 cm³/mol. The highest BCUT2D eigenvalue weighted by atomic mass is 35.7. The zero-order valence-electron chi connectivity index (χ0n) is 18.4. The lowest BCUT2D eigenvalue weighted by atomic mass is 9.78. The number of pyridine rings is 1. The van der Waals surface area contributed by atoms with Gasteiger partial charge in [-0.05, 0) is 36.6 Å². The minimum atomic E-state index is -4.94. The normalized spacial score (nSPS) is 16.4. The summed E-state index contributed by atoms with van der Waals surface area (Å²) in [5.41, 5.74) is 9.14. The molecule has 0 spiro atoms. The fourth-order valence-electron chi connectivity index (χ4n) is 4.52. The van der Waals surface area contributed by atoms with Gasteiger partial charge in [0.1, 0.15) is 0 Å². The largest absolute Gasteiger partial charge is 0.222 e. The summed E-state index contributed by atoms with van der Waals surface area (Å²) in [6, 6.07) is 35.1. The summed E-state index contributed by atoms with van der Waals surface area (Å²) in [6.45, 7) is 4.68. The van der Waals surface area contributed by atoms with Crippen LogP contribution in [0.2, 0.25) is 0 Å². The standard InChI is InChI=1S/C27H24N.ClHO4/c1-3-27(2)23-16-10-11-17-24(23)28-25(21-14-8-5-9-15-21)18-22(19-26(27)28)20-12-6-4-7-13-20;2-1(3,4)5/h4-19H,3H2,1-2H3;(H,2,3,4,5)/q+1;/p-1. The van der Waals surface area contributed by atoms with Gasteiger partial charge in [-0.15, -0.1) is 10.2 Å². The Labute approximate surface area is 195 Å². The molecular weight excluding hydrogens is 438 g/mol. The molecule has 0 saturated heterocycles. The van der Waals surface area contributed by atoms with Gasteiger partial charge in [0.05, 0.1) is 5.41 Å². The quantitative estimate of drug-likeness (QED) is 0.432. The highest BCUT2D eigenvalue weighted by molar-refractivity contribution is 5.71. The summed E-state index contributed by atoms with van der Waals surface area (Å²) in [6.07, 6.45) is 1.07. The molecule has 0 amide bonds. The van der Waals surface area contributed by atoms with E-state index in [1.165, 1.54) is 39.3 Å². The summed E-state index contributed by atoms with van der Waals surface area (Å²) in [5, 5.41) is 0. The van der Waals surface area contributed by atoms with Gasteiger partial charge in [0.2, 0.25) is 11.4 Å². The Morgan fingerprint density at radius 1 is 0.697 bits per heavy atom. The van der Waals surface area contributed by atoms with Crippen LogP contribution in [0.1, 0.15) is 31.5 Å². The van der Waals surface area contributed by atoms with Gasteiger partial charge >= 0.3 is 0 Å². The highest BCUT2D eigenvalue weighted by Gasteiger charge is 2.47. The number of fused-ring (bicyclic) bond motifs is 3. The molecule has 2 heterocycles. The van der Waals surface area contributed by atoms with Gasteiger partial charge in [-0.3, -0.25) is 0 Å². The van der Waals surface area contributed by atoms with E-state index in [0.717, 1.165) is 6.42 Å². The van der Waals surface area contributed by atoms with Crippen molar-refractivity contribution in [1.82, 2.24) is 0 Å². The van der Waals surface area contributed by atoms with Crippen molar-refractivity contribution in [2.24, 2.45) is 0 Å². The molecule has 6 heteroatoms. The molecular formula is C27H24ClNO4. The number of rotatable bonds is 3. The van der Waals surface area contributed by atoms with Crippen LogP contribution in [0, 0.1) is 10.2 Å². The van der Waals surface area contributed by atoms with Gasteiger partial charge < -0.3 is 0 Å². The van der Waals surface area contributed by atoms with Gasteiger partial charge in [0.15, 0.2) is 5.69 Å². The minimum absolute atomic E-state index is 0.00488. The van der Waals surface area contributed by atoms with E-state index in [1.54, 1.807) is 0 Å². The van der Waals surface area contributed by atoms with Crippen LogP contribution in [0.25, 0.3) is 28.1 Å². The molecule has 5 nitrogen and oxygen atoms in total. The lowest BCUT2D eigenvalue weighted by molar-refractivity contribution is -2.00. The molecule has 1 unspecified atom stereocenters. The van der Waals surface area contributed by atoms with Gasteiger partial charge in [-0.25, -0.2) is 18.6 Å². The lowest BCUT2D eigenvalue weighted by Gasteiger charge is -2.19. The van der Waals surface area contributed by atoms with Crippen molar-refractivity contribution in [2.75, 3.05) is 0 Å². The number of aromatic nitrogens is 1. The second-order valence-electron chi connectivity index (χ2n) is 8.16. The number of hydrogen-bond acceptors (Lipinski definition) is 4. The van der Waals surface area contributed by atoms with Crippen LogP contribution in [0.3, 0.4) is 0 Å². The first-order chi connectivity index (χ1) is 15.7. The Bertz CT molecular complexity index is 1250. The molecule has 168 valence electrons. The molecule has 0 aliphatic carbocycles. The van der Waals surface area contributed by atoms with E-state index in [4.69, 9.17) is 18.6 Å². The Hall–Kier alpha value is -3.06. The third-order valence-electron chi connectivity index (χ3n) is 6.25. The maximum atomic E-state index is 8.49. The Morgan fingerprint density at radius 3 is 1.79 bits per heavy atom. The molecule has 1 atom stereocenters. The maximum absolute atomic E-state index is 8.49. The number of para-hydroxylation sites is 1. The van der Waals surface area contributed by atoms with Crippen molar-refractivity contribution in [3.05, 3.63) is 108 Å². The van der Waals surface area contributed by atoms with Crippen LogP contribution in [-0.4, -0.2) is 0 Å². The molecule has 0 N–H and O–H groups in total. The average molecular weight is 462 g/mol. The van der Waals surface area contributed by atoms with Crippen LogP contribution in [-0.2, 0) is 5.41 Å². The van der Waals surface area contributed by atoms with Crippen molar-refractivity contribution in [2.45, 2.75) is 25.7 Å². The summed E-state index contributed by atoms with van der Waals surface area (Å²) in [4.78, 5) is 0. The van der Waals surface area contributed by atoms with Crippen LogP contribution in [0.15, 0.2) is 97.1 Å². The first-order valence-electron chi connectivity index (χ1n) is 10.7. The van der Waals surface area contributed by atoms with Crippen LogP contribution < -0.4 is 23.2 Å². The van der Waals surface area contributed by atoms with Gasteiger partial charge in [0.25, 0.3) is 0 Å². The molecule has 0 bridgehead atoms. The molecule has 3 aromatic carbocycles. The maximum Gasteiger partial charge on any atom is 0.219 e. The number of halogens is 1. The molecule has 0 saturated carbocycles. The number of nitrogens with zero attached hydrogens (tertiary/aromatic N) is 1. The first kappa shape index (κ1) is 23.1. The zero-order chi connectivity index (χ0) is 23.6. The van der Waals surface area contributed by atoms with Crippen LogP contribution in [0.4, 0.5) is 0 Å². The number of hydrogen-bond donors (Lipinski definition) is 0. The summed E-state index contributed by atoms with van der Waals surface area (Å²) < 4.78 is 36.4. The van der Waals surface area contributed by atoms with E-state index >= 15 is 0 Å². The van der Waals surface area contributed by atoms with Crippen molar-refractivity contribution >= 4 is 0 Å². The van der Waals surface area contributed by atoms with E-state index in [-0.39, 0.29) is 5.41 Å². The molecule has 0 radical (unpaired) electrons. The van der Waals surface area contributed by atoms with Crippen molar-refractivity contribution in [3.8, 4) is 28.1 Å². The second-order valence-corrected chi connectivity index (χ2v) is 8.92. The summed E-state index contributed by atoms with van der Waals surface area (Å²) >= 11 is 0. The SMILES string of the molecule is CCC1(C)c2ccccc2-[n+]2c(-c3ccccc3)cc(-c3ccccc3)cc21.[O-][Cl+3]([O-])([O-])[O-]. The Morgan fingerprint density at radius 2 is 1.21 bits per heavy atom. The van der Waals surface area contributed by atoms with Crippen molar-refractivity contribution in [1.29, 1.82) is 0 Å². The third kappa shape index (κ3) is 4.69. The van der Waals surface area contributed by atoms with E-state index in [9.17, 15) is 0 Å². The fourth-order valence-corrected chi connectivity index (χ4v) is 4.52. The van der Waals surface area contributed by atoms with E-state index in [0.29, 0.717) is 0 Å². The van der Waals surface area contributed by atoms with E-state index < -0.39 is 10.2 Å². The molecule has 1 aromatic heterocycles. The van der Waals surface area contributed by atoms with Gasteiger partial charge in [-0.2, -0.15) is 4.57 Å². The summed E-state index contributed by atoms with van der Waals surface area (Å²) in [7, 11) is -4.94. The van der Waals surface area contributed by atoms with Crippen LogP contribution in [0.5, 0.6) is 0 Å². The minimum Gasteiger partial charge on any atom is -0.222 e. The molecule has 0 fully saturated rings. The Balaban J connectivity index is 0.000000471. The smallest absolute Gasteiger partial charge is 0.219 e. The number of benzene rings is 3. The highest BCUT2D eigenvalue weighted by Crippen LogP contribution is 2.43. The molecule has 5 rings (SSSR count). The van der Waals surface area contributed by atoms with E-state index in [1.807, 2.05) is 0 Å². The lowest BCUT2D eigenvalue weighted by Crippen LogP contribution is -2.68. The first-order valence-corrected chi connectivity index (χ1v) is 11.9. The van der Waals surface area contributed by atoms with Gasteiger partial charge in [-0.1, -0.05) is 73.7 Å². The zero-order valence-corrected chi connectivity index (χ0v) is 19.2. The average Bonchev–Trinajstić information content (AvgIpc) is 3.08. The van der Waals surface area contributed by atoms with Crippen molar-refractivity contribution < 1.29 is 33.4 Å². The predicted octanol–water partition coefficient (Wildman–Crippen LogP) is 1.57. The topological polar surface area (TPSA) is 96.1 Å². The third-order valence-corrected chi connectivity index (χ3v) is 6.25.